The van der Waals surface area contributed by atoms with Crippen LogP contribution in [0.2, 0.25) is 0 Å². The average Bonchev–Trinajstić information content (AvgIpc) is 3.27. The van der Waals surface area contributed by atoms with Crippen molar-refractivity contribution in [3.05, 3.63) is 53.5 Å². The quantitative estimate of drug-likeness (QED) is 0.585. The Morgan fingerprint density at radius 3 is 2.82 bits per heavy atom. The first-order chi connectivity index (χ1) is 13.5. The van der Waals surface area contributed by atoms with Gasteiger partial charge in [-0.05, 0) is 19.1 Å². The van der Waals surface area contributed by atoms with E-state index >= 15 is 0 Å². The van der Waals surface area contributed by atoms with Crippen LogP contribution in [0.3, 0.4) is 0 Å². The number of nitrogens with one attached hydrogen (secondary N) is 1. The molecule has 0 bridgehead atoms. The van der Waals surface area contributed by atoms with Crippen LogP contribution >= 0.6 is 0 Å². The van der Waals surface area contributed by atoms with Crippen LogP contribution in [0.15, 0.2) is 36.5 Å². The van der Waals surface area contributed by atoms with E-state index in [2.05, 4.69) is 32.2 Å². The number of aryl methyl sites for hydroxylation is 1. The van der Waals surface area contributed by atoms with E-state index in [1.807, 2.05) is 30.3 Å². The van der Waals surface area contributed by atoms with Crippen molar-refractivity contribution >= 4 is 11.6 Å². The second-order valence-electron chi connectivity index (χ2n) is 6.72. The van der Waals surface area contributed by atoms with Crippen molar-refractivity contribution < 1.29 is 14.9 Å². The van der Waals surface area contributed by atoms with Crippen molar-refractivity contribution in [3.8, 4) is 11.8 Å². The van der Waals surface area contributed by atoms with Crippen LogP contribution < -0.4 is 5.32 Å². The molecule has 3 aromatic rings. The van der Waals surface area contributed by atoms with Crippen LogP contribution in [-0.4, -0.2) is 55.2 Å². The number of nitrogens with zero attached hydrogens (tertiary/aromatic N) is 4. The number of ether oxygens (including phenoxy) is 1. The largest absolute Gasteiger partial charge is 0.394 e. The minimum Gasteiger partial charge on any atom is -0.394 e. The number of anilines is 1. The molecule has 1 aromatic carbocycles. The predicted molar refractivity (Wildman–Crippen MR) is 103 cm³/mol. The van der Waals surface area contributed by atoms with E-state index in [1.54, 1.807) is 24.7 Å². The van der Waals surface area contributed by atoms with Gasteiger partial charge in [0, 0.05) is 24.6 Å². The van der Waals surface area contributed by atoms with Gasteiger partial charge in [-0.1, -0.05) is 30.0 Å². The molecule has 0 spiro atoms. The van der Waals surface area contributed by atoms with Gasteiger partial charge in [0.15, 0.2) is 11.2 Å². The third-order valence-electron chi connectivity index (χ3n) is 4.80. The maximum atomic E-state index is 11.1. The Kier molecular flexibility index (Phi) is 4.73. The number of fused-ring (bicyclic) bond motifs is 1. The summed E-state index contributed by atoms with van der Waals surface area (Å²) in [7, 11) is 1.76. The van der Waals surface area contributed by atoms with E-state index in [1.165, 1.54) is 0 Å². The smallest absolute Gasteiger partial charge is 0.227 e. The maximum absolute atomic E-state index is 11.1. The second kappa shape index (κ2) is 7.20. The molecule has 1 aliphatic rings. The molecule has 3 atom stereocenters. The van der Waals surface area contributed by atoms with Gasteiger partial charge in [0.1, 0.15) is 11.9 Å². The molecule has 0 unspecified atom stereocenters. The van der Waals surface area contributed by atoms with Crippen LogP contribution in [0.1, 0.15) is 29.5 Å². The SMILES string of the molecule is CNc1nc(C)nc2c([C@H]3C[C@@](O)(C#Cc4ccccc4)[C@@H](CO)O3)cnn12. The Morgan fingerprint density at radius 1 is 1.32 bits per heavy atom. The minimum atomic E-state index is -1.47. The molecule has 8 heteroatoms. The van der Waals surface area contributed by atoms with Gasteiger partial charge in [-0.15, -0.1) is 0 Å². The van der Waals surface area contributed by atoms with Gasteiger partial charge >= 0.3 is 0 Å². The predicted octanol–water partition coefficient (Wildman–Crippen LogP) is 1.08. The first kappa shape index (κ1) is 18.4. The van der Waals surface area contributed by atoms with E-state index in [4.69, 9.17) is 4.74 Å². The summed E-state index contributed by atoms with van der Waals surface area (Å²) in [4.78, 5) is 8.78. The fraction of sp³-hybridized carbons (Fsp3) is 0.350. The Bertz CT molecular complexity index is 1060. The highest BCUT2D eigenvalue weighted by Crippen LogP contribution is 2.40. The Morgan fingerprint density at radius 2 is 2.11 bits per heavy atom. The standard InChI is InChI=1S/C20H21N5O3/c1-13-23-18-15(11-22-25(18)19(21-2)24-13)16-10-20(27,17(12-26)28-16)9-8-14-6-4-3-5-7-14/h3-7,11,16-17,26-27H,10,12H2,1-2H3,(H,21,23,24)/t16-,17-,20+/m1/s1. The summed E-state index contributed by atoms with van der Waals surface area (Å²) in [5.41, 5.74) is 0.628. The van der Waals surface area contributed by atoms with Gasteiger partial charge in [-0.3, -0.25) is 0 Å². The van der Waals surface area contributed by atoms with Gasteiger partial charge in [0.25, 0.3) is 0 Å². The zero-order valence-electron chi connectivity index (χ0n) is 15.6. The highest BCUT2D eigenvalue weighted by molar-refractivity contribution is 5.52. The highest BCUT2D eigenvalue weighted by Gasteiger charge is 2.47. The third kappa shape index (κ3) is 3.20. The van der Waals surface area contributed by atoms with Crippen LogP contribution in [0.5, 0.6) is 0 Å². The number of benzene rings is 1. The summed E-state index contributed by atoms with van der Waals surface area (Å²) in [6, 6.07) is 9.39. The number of aromatic nitrogens is 4. The van der Waals surface area contributed by atoms with E-state index < -0.39 is 17.8 Å². The van der Waals surface area contributed by atoms with Crippen molar-refractivity contribution in [2.45, 2.75) is 31.2 Å². The van der Waals surface area contributed by atoms with Crippen LogP contribution in [-0.2, 0) is 4.74 Å². The molecule has 1 saturated heterocycles. The maximum Gasteiger partial charge on any atom is 0.227 e. The number of hydrogen-bond acceptors (Lipinski definition) is 7. The summed E-state index contributed by atoms with van der Waals surface area (Å²) >= 11 is 0. The van der Waals surface area contributed by atoms with Gasteiger partial charge in [0.2, 0.25) is 5.95 Å². The van der Waals surface area contributed by atoms with Crippen LogP contribution in [0.4, 0.5) is 5.95 Å². The number of hydrogen-bond donors (Lipinski definition) is 3. The van der Waals surface area contributed by atoms with E-state index in [-0.39, 0.29) is 13.0 Å². The van der Waals surface area contributed by atoms with Crippen molar-refractivity contribution in [2.75, 3.05) is 19.0 Å². The molecule has 144 valence electrons. The number of rotatable bonds is 3. The van der Waals surface area contributed by atoms with Crippen LogP contribution in [0.25, 0.3) is 5.65 Å². The molecular weight excluding hydrogens is 358 g/mol. The fourth-order valence-corrected chi connectivity index (χ4v) is 3.37. The topological polar surface area (TPSA) is 105 Å². The Labute approximate surface area is 162 Å². The number of aliphatic hydroxyl groups is 2. The number of aliphatic hydroxyl groups excluding tert-OH is 1. The Hall–Kier alpha value is -2.99. The molecule has 4 rings (SSSR count). The summed E-state index contributed by atoms with van der Waals surface area (Å²) in [6.45, 7) is 1.46. The van der Waals surface area contributed by atoms with Crippen molar-refractivity contribution in [3.63, 3.8) is 0 Å². The molecule has 3 heterocycles. The first-order valence-electron chi connectivity index (χ1n) is 9.01. The minimum absolute atomic E-state index is 0.206. The normalized spacial score (nSPS) is 24.1. The zero-order valence-corrected chi connectivity index (χ0v) is 15.6. The van der Waals surface area contributed by atoms with E-state index in [0.29, 0.717) is 17.4 Å². The van der Waals surface area contributed by atoms with Gasteiger partial charge in [0.05, 0.1) is 18.9 Å². The molecule has 0 saturated carbocycles. The zero-order chi connectivity index (χ0) is 19.7. The summed E-state index contributed by atoms with van der Waals surface area (Å²) in [6.07, 6.45) is 0.538. The van der Waals surface area contributed by atoms with Gasteiger partial charge in [-0.25, -0.2) is 4.98 Å². The van der Waals surface area contributed by atoms with Gasteiger partial charge < -0.3 is 20.3 Å². The molecule has 0 aliphatic carbocycles. The fourth-order valence-electron chi connectivity index (χ4n) is 3.37. The third-order valence-corrected chi connectivity index (χ3v) is 4.80. The van der Waals surface area contributed by atoms with Gasteiger partial charge in [-0.2, -0.15) is 14.6 Å². The molecule has 8 nitrogen and oxygen atoms in total. The van der Waals surface area contributed by atoms with Crippen molar-refractivity contribution in [1.82, 2.24) is 19.6 Å². The average molecular weight is 379 g/mol. The lowest BCUT2D eigenvalue weighted by atomic mass is 9.92. The monoisotopic (exact) mass is 379 g/mol. The lowest BCUT2D eigenvalue weighted by molar-refractivity contribution is -0.0458. The van der Waals surface area contributed by atoms with Crippen molar-refractivity contribution in [1.29, 1.82) is 0 Å². The first-order valence-corrected chi connectivity index (χ1v) is 9.01. The van der Waals surface area contributed by atoms with E-state index in [0.717, 1.165) is 11.1 Å². The molecule has 2 aromatic heterocycles. The second-order valence-corrected chi connectivity index (χ2v) is 6.72. The molecule has 1 fully saturated rings. The van der Waals surface area contributed by atoms with Crippen molar-refractivity contribution in [2.24, 2.45) is 0 Å². The molecule has 0 amide bonds. The molecule has 1 aliphatic heterocycles. The van der Waals surface area contributed by atoms with Crippen LogP contribution in [0, 0.1) is 18.8 Å². The Balaban J connectivity index is 1.69. The van der Waals surface area contributed by atoms with E-state index in [9.17, 15) is 10.2 Å². The molecular formula is C20H21N5O3. The highest BCUT2D eigenvalue weighted by atomic mass is 16.5. The molecule has 28 heavy (non-hydrogen) atoms. The summed E-state index contributed by atoms with van der Waals surface area (Å²) < 4.78 is 7.53. The lowest BCUT2D eigenvalue weighted by Gasteiger charge is -2.20. The lowest BCUT2D eigenvalue weighted by Crippen LogP contribution is -2.39. The molecule has 3 N–H and O–H groups in total. The summed E-state index contributed by atoms with van der Waals surface area (Å²) in [5, 5.41) is 28.1. The summed E-state index contributed by atoms with van der Waals surface area (Å²) in [5.74, 6) is 7.02. The molecule has 0 radical (unpaired) electrons.